The lowest BCUT2D eigenvalue weighted by Gasteiger charge is -2.39. The van der Waals surface area contributed by atoms with Gasteiger partial charge in [0.1, 0.15) is 5.82 Å². The lowest BCUT2D eigenvalue weighted by atomic mass is 9.76. The first-order valence-electron chi connectivity index (χ1n) is 10.6. The van der Waals surface area contributed by atoms with E-state index in [1.807, 2.05) is 24.7 Å². The molecule has 2 N–H and O–H groups in total. The van der Waals surface area contributed by atoms with Gasteiger partial charge in [0.25, 0.3) is 0 Å². The zero-order valence-electron chi connectivity index (χ0n) is 17.3. The van der Waals surface area contributed by atoms with Gasteiger partial charge in [0.05, 0.1) is 21.3 Å². The Labute approximate surface area is 194 Å². The van der Waals surface area contributed by atoms with Gasteiger partial charge in [-0.05, 0) is 37.2 Å². The number of nitrogen functional groups attached to an aromatic ring is 1. The van der Waals surface area contributed by atoms with Gasteiger partial charge in [0.15, 0.2) is 5.65 Å². The highest BCUT2D eigenvalue weighted by atomic mass is 35.5. The Hall–Kier alpha value is -2.91. The van der Waals surface area contributed by atoms with Crippen molar-refractivity contribution in [1.82, 2.24) is 29.3 Å². The molecule has 4 aromatic heterocycles. The fraction of sp³-hybridized carbons (Fsp3) is 0.318. The quantitative estimate of drug-likeness (QED) is 0.490. The van der Waals surface area contributed by atoms with Gasteiger partial charge in [-0.1, -0.05) is 23.4 Å². The molecule has 162 valence electrons. The zero-order valence-corrected chi connectivity index (χ0v) is 18.9. The predicted molar refractivity (Wildman–Crippen MR) is 124 cm³/mol. The van der Waals surface area contributed by atoms with Crippen LogP contribution in [0.2, 0.25) is 5.02 Å². The molecule has 4 aromatic rings. The number of nitrogens with two attached hydrogens (primary N) is 1. The van der Waals surface area contributed by atoms with Gasteiger partial charge in [-0.15, -0.1) is 0 Å². The third-order valence-corrected chi connectivity index (χ3v) is 8.10. The lowest BCUT2D eigenvalue weighted by Crippen LogP contribution is -2.41. The van der Waals surface area contributed by atoms with Gasteiger partial charge >= 0.3 is 0 Å². The van der Waals surface area contributed by atoms with E-state index in [4.69, 9.17) is 22.3 Å². The highest BCUT2D eigenvalue weighted by Crippen LogP contribution is 2.44. The maximum absolute atomic E-state index is 6.34. The molecule has 0 radical (unpaired) electrons. The first-order valence-corrected chi connectivity index (χ1v) is 11.7. The number of fused-ring (bicyclic) bond motifs is 2. The van der Waals surface area contributed by atoms with Crippen LogP contribution in [0, 0.1) is 5.41 Å². The molecule has 0 saturated carbocycles. The van der Waals surface area contributed by atoms with E-state index < -0.39 is 0 Å². The number of piperidine rings is 1. The number of nitrogens with zero attached hydrogens (tertiary/aromatic N) is 7. The second-order valence-corrected chi connectivity index (χ2v) is 9.91. The van der Waals surface area contributed by atoms with Gasteiger partial charge in [-0.3, -0.25) is 14.4 Å². The molecule has 2 aliphatic rings. The molecule has 0 amide bonds. The molecule has 0 aromatic carbocycles. The zero-order chi connectivity index (χ0) is 21.7. The largest absolute Gasteiger partial charge is 0.382 e. The lowest BCUT2D eigenvalue weighted by molar-refractivity contribution is 0.229. The van der Waals surface area contributed by atoms with Gasteiger partial charge in [0, 0.05) is 55.2 Å². The normalized spacial score (nSPS) is 17.2. The topological polar surface area (TPSA) is 98.1 Å². The van der Waals surface area contributed by atoms with E-state index in [1.165, 1.54) is 23.1 Å². The Morgan fingerprint density at radius 2 is 1.66 bits per heavy atom. The third-order valence-electron chi connectivity index (χ3n) is 6.53. The van der Waals surface area contributed by atoms with Gasteiger partial charge < -0.3 is 10.6 Å². The first-order chi connectivity index (χ1) is 15.6. The Kier molecular flexibility index (Phi) is 4.69. The van der Waals surface area contributed by atoms with Crippen LogP contribution < -0.4 is 10.6 Å². The fourth-order valence-corrected chi connectivity index (χ4v) is 5.96. The minimum atomic E-state index is 0.280. The van der Waals surface area contributed by atoms with Crippen LogP contribution in [0.25, 0.3) is 5.65 Å². The predicted octanol–water partition coefficient (Wildman–Crippen LogP) is 3.69. The van der Waals surface area contributed by atoms with E-state index in [-0.39, 0.29) is 5.41 Å². The molecule has 6 rings (SSSR count). The average molecular weight is 465 g/mol. The number of halogens is 1. The highest BCUT2D eigenvalue weighted by Gasteiger charge is 2.41. The summed E-state index contributed by atoms with van der Waals surface area (Å²) in [6, 6.07) is 1.85. The van der Waals surface area contributed by atoms with Crippen molar-refractivity contribution in [2.75, 3.05) is 23.7 Å². The fourth-order valence-electron chi connectivity index (χ4n) is 4.83. The standard InChI is InChI=1S/C22H21ClN8S/c23-18-16(1-4-27-19(18)24)32-17-13-29-21(31-10-7-28-20(17)31)30-8-2-22(3-9-30)11-14-15(12-22)26-6-5-25-14/h1,4-7,10,13H,2-3,8-9,11-12H2,(H2,24,27). The molecule has 0 bridgehead atoms. The molecule has 32 heavy (non-hydrogen) atoms. The minimum Gasteiger partial charge on any atom is -0.382 e. The van der Waals surface area contributed by atoms with Crippen LogP contribution >= 0.6 is 23.4 Å². The summed E-state index contributed by atoms with van der Waals surface area (Å²) in [6.07, 6.45) is 15.2. The molecular formula is C22H21ClN8S. The van der Waals surface area contributed by atoms with Gasteiger partial charge in [-0.25, -0.2) is 15.0 Å². The molecule has 1 aliphatic heterocycles. The molecule has 10 heteroatoms. The molecule has 0 unspecified atom stereocenters. The molecule has 5 heterocycles. The van der Waals surface area contributed by atoms with Crippen LogP contribution in [0.4, 0.5) is 11.8 Å². The summed E-state index contributed by atoms with van der Waals surface area (Å²) in [5.74, 6) is 1.24. The van der Waals surface area contributed by atoms with Crippen LogP contribution in [-0.2, 0) is 12.8 Å². The van der Waals surface area contributed by atoms with E-state index in [0.29, 0.717) is 10.8 Å². The number of hydrogen-bond donors (Lipinski definition) is 1. The smallest absolute Gasteiger partial charge is 0.211 e. The Bertz CT molecular complexity index is 1290. The van der Waals surface area contributed by atoms with E-state index in [1.54, 1.807) is 18.6 Å². The Morgan fingerprint density at radius 1 is 0.906 bits per heavy atom. The van der Waals surface area contributed by atoms with Gasteiger partial charge in [0.2, 0.25) is 5.95 Å². The highest BCUT2D eigenvalue weighted by molar-refractivity contribution is 7.99. The van der Waals surface area contributed by atoms with Crippen molar-refractivity contribution in [3.05, 3.63) is 59.7 Å². The Balaban J connectivity index is 1.24. The number of aromatic nitrogens is 6. The van der Waals surface area contributed by atoms with Crippen LogP contribution in [0.3, 0.4) is 0 Å². The second kappa shape index (κ2) is 7.60. The number of rotatable bonds is 3. The summed E-state index contributed by atoms with van der Waals surface area (Å²) in [5, 5.41) is 0.453. The summed E-state index contributed by atoms with van der Waals surface area (Å²) in [7, 11) is 0. The number of anilines is 2. The first kappa shape index (κ1) is 19.8. The van der Waals surface area contributed by atoms with Crippen molar-refractivity contribution >= 4 is 40.8 Å². The maximum Gasteiger partial charge on any atom is 0.211 e. The van der Waals surface area contributed by atoms with Crippen LogP contribution in [0.15, 0.2) is 53.0 Å². The van der Waals surface area contributed by atoms with E-state index >= 15 is 0 Å². The van der Waals surface area contributed by atoms with E-state index in [9.17, 15) is 0 Å². The molecule has 1 fully saturated rings. The van der Waals surface area contributed by atoms with Crippen LogP contribution in [-0.4, -0.2) is 42.4 Å². The van der Waals surface area contributed by atoms with Crippen molar-refractivity contribution in [2.45, 2.75) is 35.5 Å². The van der Waals surface area contributed by atoms with Crippen molar-refractivity contribution < 1.29 is 0 Å². The summed E-state index contributed by atoms with van der Waals surface area (Å²) in [5.41, 5.74) is 9.34. The van der Waals surface area contributed by atoms with E-state index in [2.05, 4.69) is 29.2 Å². The molecule has 0 atom stereocenters. The number of imidazole rings is 1. The number of hydrogen-bond acceptors (Lipinski definition) is 8. The maximum atomic E-state index is 6.34. The summed E-state index contributed by atoms with van der Waals surface area (Å²) >= 11 is 7.84. The van der Waals surface area contributed by atoms with Crippen molar-refractivity contribution in [1.29, 1.82) is 0 Å². The summed E-state index contributed by atoms with van der Waals surface area (Å²) in [4.78, 5) is 26.7. The second-order valence-electron chi connectivity index (χ2n) is 8.44. The van der Waals surface area contributed by atoms with Crippen molar-refractivity contribution in [3.8, 4) is 0 Å². The Morgan fingerprint density at radius 3 is 2.41 bits per heavy atom. The van der Waals surface area contributed by atoms with Crippen molar-refractivity contribution in [3.63, 3.8) is 0 Å². The van der Waals surface area contributed by atoms with Crippen molar-refractivity contribution in [2.24, 2.45) is 5.41 Å². The average Bonchev–Trinajstić information content (AvgIpc) is 3.43. The third kappa shape index (κ3) is 3.27. The summed E-state index contributed by atoms with van der Waals surface area (Å²) < 4.78 is 2.06. The molecule has 1 spiro atoms. The minimum absolute atomic E-state index is 0.280. The van der Waals surface area contributed by atoms with Gasteiger partial charge in [-0.2, -0.15) is 0 Å². The molecule has 1 saturated heterocycles. The monoisotopic (exact) mass is 464 g/mol. The number of pyridine rings is 1. The summed E-state index contributed by atoms with van der Waals surface area (Å²) in [6.45, 7) is 1.90. The molecule has 8 nitrogen and oxygen atoms in total. The molecule has 1 aliphatic carbocycles. The van der Waals surface area contributed by atoms with Crippen LogP contribution in [0.5, 0.6) is 0 Å². The van der Waals surface area contributed by atoms with E-state index in [0.717, 1.165) is 60.2 Å². The molecular weight excluding hydrogens is 444 g/mol. The van der Waals surface area contributed by atoms with Crippen LogP contribution in [0.1, 0.15) is 24.2 Å². The SMILES string of the molecule is Nc1nccc(Sc2cnc(N3CCC4(CC3)Cc3nccnc3C4)n3ccnc23)c1Cl.